The van der Waals surface area contributed by atoms with Gasteiger partial charge in [-0.2, -0.15) is 0 Å². The first-order chi connectivity index (χ1) is 10.7. The monoisotopic (exact) mass is 304 g/mol. The number of hydrogen-bond acceptors (Lipinski definition) is 4. The quantitative estimate of drug-likeness (QED) is 0.804. The Labute approximate surface area is 128 Å². The summed E-state index contributed by atoms with van der Waals surface area (Å²) in [6, 6.07) is 7.03. The minimum absolute atomic E-state index is 0.138. The number of nitrogens with one attached hydrogen (secondary N) is 2. The van der Waals surface area contributed by atoms with Gasteiger partial charge in [0.25, 0.3) is 0 Å². The van der Waals surface area contributed by atoms with Crippen molar-refractivity contribution in [3.05, 3.63) is 35.6 Å². The maximum atomic E-state index is 12.0. The smallest absolute Gasteiger partial charge is 0.374 e. The van der Waals surface area contributed by atoms with Crippen LogP contribution in [0.15, 0.2) is 28.7 Å². The molecule has 0 radical (unpaired) electrons. The molecule has 6 nitrogen and oxygen atoms in total. The van der Waals surface area contributed by atoms with Crippen molar-refractivity contribution in [2.24, 2.45) is 0 Å². The zero-order valence-corrected chi connectivity index (χ0v) is 12.8. The predicted octanol–water partition coefficient (Wildman–Crippen LogP) is 2.82. The minimum Gasteiger partial charge on any atom is -0.460 e. The fourth-order valence-corrected chi connectivity index (χ4v) is 2.11. The third-order valence-electron chi connectivity index (χ3n) is 3.12. The van der Waals surface area contributed by atoms with Gasteiger partial charge in [0.15, 0.2) is 0 Å². The second-order valence-electron chi connectivity index (χ2n) is 4.74. The Hall–Kier alpha value is -2.50. The molecule has 0 saturated carbocycles. The molecule has 1 heterocycles. The van der Waals surface area contributed by atoms with Gasteiger partial charge in [0.05, 0.1) is 6.61 Å². The fourth-order valence-electron chi connectivity index (χ4n) is 2.11. The van der Waals surface area contributed by atoms with Crippen LogP contribution in [0.1, 0.15) is 36.4 Å². The molecular weight excluding hydrogens is 284 g/mol. The Kier molecular flexibility index (Phi) is 5.41. The SMILES string of the molecule is CCCNC(=O)NCc1c(C(=O)OCC)oc2ccccc12. The molecule has 118 valence electrons. The molecule has 0 bridgehead atoms. The molecule has 0 unspecified atom stereocenters. The van der Waals surface area contributed by atoms with E-state index < -0.39 is 5.97 Å². The number of fused-ring (bicyclic) bond motifs is 1. The highest BCUT2D eigenvalue weighted by Gasteiger charge is 2.21. The van der Waals surface area contributed by atoms with E-state index in [0.29, 0.717) is 17.7 Å². The second kappa shape index (κ2) is 7.49. The number of carbonyl (C=O) groups excluding carboxylic acids is 2. The number of urea groups is 1. The topological polar surface area (TPSA) is 80.6 Å². The number of para-hydroxylation sites is 1. The van der Waals surface area contributed by atoms with E-state index in [-0.39, 0.29) is 24.9 Å². The first kappa shape index (κ1) is 15.9. The second-order valence-corrected chi connectivity index (χ2v) is 4.74. The molecule has 2 N–H and O–H groups in total. The highest BCUT2D eigenvalue weighted by atomic mass is 16.5. The average molecular weight is 304 g/mol. The van der Waals surface area contributed by atoms with Gasteiger partial charge in [-0.25, -0.2) is 9.59 Å². The van der Waals surface area contributed by atoms with E-state index in [0.717, 1.165) is 11.8 Å². The Morgan fingerprint density at radius 3 is 2.68 bits per heavy atom. The summed E-state index contributed by atoms with van der Waals surface area (Å²) in [5.41, 5.74) is 1.22. The summed E-state index contributed by atoms with van der Waals surface area (Å²) in [6.45, 7) is 4.77. The standard InChI is InChI=1S/C16H20N2O4/c1-3-9-17-16(20)18-10-12-11-7-5-6-8-13(11)22-14(12)15(19)21-4-2/h5-8H,3-4,9-10H2,1-2H3,(H2,17,18,20). The van der Waals surface area contributed by atoms with E-state index in [1.54, 1.807) is 13.0 Å². The average Bonchev–Trinajstić information content (AvgIpc) is 2.90. The largest absolute Gasteiger partial charge is 0.460 e. The number of hydrogen-bond donors (Lipinski definition) is 2. The van der Waals surface area contributed by atoms with Gasteiger partial charge in [0.1, 0.15) is 5.58 Å². The molecule has 0 aliphatic rings. The molecule has 0 aliphatic heterocycles. The Morgan fingerprint density at radius 2 is 1.95 bits per heavy atom. The van der Waals surface area contributed by atoms with Gasteiger partial charge in [0, 0.05) is 24.0 Å². The maximum Gasteiger partial charge on any atom is 0.374 e. The van der Waals surface area contributed by atoms with Crippen LogP contribution in [-0.2, 0) is 11.3 Å². The Morgan fingerprint density at radius 1 is 1.18 bits per heavy atom. The lowest BCUT2D eigenvalue weighted by atomic mass is 10.1. The summed E-state index contributed by atoms with van der Waals surface area (Å²) in [4.78, 5) is 23.7. The van der Waals surface area contributed by atoms with Gasteiger partial charge in [-0.15, -0.1) is 0 Å². The first-order valence-electron chi connectivity index (χ1n) is 7.36. The van der Waals surface area contributed by atoms with Crippen LogP contribution in [0.5, 0.6) is 0 Å². The summed E-state index contributed by atoms with van der Waals surface area (Å²) < 4.78 is 10.6. The molecule has 0 fully saturated rings. The third-order valence-corrected chi connectivity index (χ3v) is 3.12. The van der Waals surface area contributed by atoms with Crippen LogP contribution < -0.4 is 10.6 Å². The van der Waals surface area contributed by atoms with Gasteiger partial charge >= 0.3 is 12.0 Å². The van der Waals surface area contributed by atoms with E-state index in [4.69, 9.17) is 9.15 Å². The molecule has 1 aromatic heterocycles. The van der Waals surface area contributed by atoms with Crippen molar-refractivity contribution in [1.29, 1.82) is 0 Å². The molecule has 0 saturated heterocycles. The van der Waals surface area contributed by atoms with Crippen molar-refractivity contribution in [1.82, 2.24) is 10.6 Å². The number of carbonyl (C=O) groups is 2. The first-order valence-corrected chi connectivity index (χ1v) is 7.36. The van der Waals surface area contributed by atoms with Crippen LogP contribution in [0.4, 0.5) is 4.79 Å². The molecule has 2 rings (SSSR count). The number of benzene rings is 1. The Balaban J connectivity index is 2.23. The predicted molar refractivity (Wildman–Crippen MR) is 82.7 cm³/mol. The maximum absolute atomic E-state index is 12.0. The van der Waals surface area contributed by atoms with E-state index in [9.17, 15) is 9.59 Å². The zero-order valence-electron chi connectivity index (χ0n) is 12.8. The molecule has 6 heteroatoms. The number of furan rings is 1. The van der Waals surface area contributed by atoms with Gasteiger partial charge < -0.3 is 19.8 Å². The van der Waals surface area contributed by atoms with Crippen LogP contribution in [-0.4, -0.2) is 25.2 Å². The van der Waals surface area contributed by atoms with Crippen LogP contribution >= 0.6 is 0 Å². The van der Waals surface area contributed by atoms with Crippen molar-refractivity contribution in [3.8, 4) is 0 Å². The fraction of sp³-hybridized carbons (Fsp3) is 0.375. The molecular formula is C16H20N2O4. The molecule has 0 spiro atoms. The normalized spacial score (nSPS) is 10.5. The van der Waals surface area contributed by atoms with E-state index in [1.165, 1.54) is 0 Å². The molecule has 0 atom stereocenters. The summed E-state index contributed by atoms with van der Waals surface area (Å²) >= 11 is 0. The molecule has 2 aromatic rings. The van der Waals surface area contributed by atoms with Crippen molar-refractivity contribution in [2.45, 2.75) is 26.8 Å². The third kappa shape index (κ3) is 3.58. The van der Waals surface area contributed by atoms with Crippen molar-refractivity contribution < 1.29 is 18.7 Å². The summed E-state index contributed by atoms with van der Waals surface area (Å²) in [7, 11) is 0. The molecule has 1 aromatic carbocycles. The van der Waals surface area contributed by atoms with Crippen molar-refractivity contribution in [2.75, 3.05) is 13.2 Å². The lowest BCUT2D eigenvalue weighted by Crippen LogP contribution is -2.35. The summed E-state index contributed by atoms with van der Waals surface area (Å²) in [5.74, 6) is -0.386. The van der Waals surface area contributed by atoms with Gasteiger partial charge in [-0.1, -0.05) is 25.1 Å². The van der Waals surface area contributed by atoms with E-state index in [2.05, 4.69) is 10.6 Å². The van der Waals surface area contributed by atoms with Crippen LogP contribution in [0.25, 0.3) is 11.0 Å². The highest BCUT2D eigenvalue weighted by molar-refractivity contribution is 5.96. The van der Waals surface area contributed by atoms with Gasteiger partial charge in [0.2, 0.25) is 5.76 Å². The van der Waals surface area contributed by atoms with Gasteiger partial charge in [-0.3, -0.25) is 0 Å². The summed E-state index contributed by atoms with van der Waals surface area (Å²) in [5, 5.41) is 6.24. The zero-order chi connectivity index (χ0) is 15.9. The Bertz CT molecular complexity index is 663. The number of ether oxygens (including phenoxy) is 1. The molecule has 0 aliphatic carbocycles. The minimum atomic E-state index is -0.524. The lowest BCUT2D eigenvalue weighted by Gasteiger charge is -2.07. The van der Waals surface area contributed by atoms with Crippen LogP contribution in [0.3, 0.4) is 0 Å². The van der Waals surface area contributed by atoms with Crippen molar-refractivity contribution in [3.63, 3.8) is 0 Å². The van der Waals surface area contributed by atoms with Crippen LogP contribution in [0.2, 0.25) is 0 Å². The van der Waals surface area contributed by atoms with E-state index in [1.807, 2.05) is 25.1 Å². The van der Waals surface area contributed by atoms with E-state index >= 15 is 0 Å². The lowest BCUT2D eigenvalue weighted by molar-refractivity contribution is 0.0490. The van der Waals surface area contributed by atoms with Crippen molar-refractivity contribution >= 4 is 23.0 Å². The van der Waals surface area contributed by atoms with Gasteiger partial charge in [-0.05, 0) is 19.4 Å². The number of rotatable bonds is 6. The number of amides is 2. The van der Waals surface area contributed by atoms with Crippen LogP contribution in [0, 0.1) is 0 Å². The summed E-state index contributed by atoms with van der Waals surface area (Å²) in [6.07, 6.45) is 0.857. The number of esters is 1. The molecule has 22 heavy (non-hydrogen) atoms. The molecule has 2 amide bonds. The highest BCUT2D eigenvalue weighted by Crippen LogP contribution is 2.26.